The molecular formula is C16H19FN2OS. The molecule has 0 bridgehead atoms. The number of halogens is 1. The fraction of sp³-hybridized carbons (Fsp3) is 0.438. The minimum absolute atomic E-state index is 0.177. The van der Waals surface area contributed by atoms with Gasteiger partial charge in [0.1, 0.15) is 5.82 Å². The molecule has 1 saturated heterocycles. The fourth-order valence-electron chi connectivity index (χ4n) is 2.23. The van der Waals surface area contributed by atoms with Crippen LogP contribution in [-0.2, 0) is 0 Å². The number of rotatable bonds is 3. The average Bonchev–Trinajstić information content (AvgIpc) is 2.51. The summed E-state index contributed by atoms with van der Waals surface area (Å²) in [5, 5.41) is 3.40. The van der Waals surface area contributed by atoms with E-state index in [4.69, 9.17) is 5.73 Å². The van der Waals surface area contributed by atoms with Crippen LogP contribution in [-0.4, -0.2) is 30.0 Å². The predicted octanol–water partition coefficient (Wildman–Crippen LogP) is 2.15. The number of benzene rings is 1. The van der Waals surface area contributed by atoms with Crippen LogP contribution < -0.4 is 11.1 Å². The maximum absolute atomic E-state index is 13.3. The average molecular weight is 306 g/mol. The zero-order valence-corrected chi connectivity index (χ0v) is 12.6. The third kappa shape index (κ3) is 4.76. The van der Waals surface area contributed by atoms with Gasteiger partial charge in [0.15, 0.2) is 0 Å². The van der Waals surface area contributed by atoms with Crippen molar-refractivity contribution in [2.45, 2.75) is 24.5 Å². The SMILES string of the molecule is NCC#Cc1cc(F)ccc1C(=O)NCC1CCCCS1. The van der Waals surface area contributed by atoms with Gasteiger partial charge in [0.25, 0.3) is 5.91 Å². The second kappa shape index (κ2) is 8.06. The topological polar surface area (TPSA) is 55.1 Å². The van der Waals surface area contributed by atoms with Crippen molar-refractivity contribution in [1.29, 1.82) is 0 Å². The summed E-state index contributed by atoms with van der Waals surface area (Å²) in [5.74, 6) is 5.96. The molecule has 2 rings (SSSR count). The Balaban J connectivity index is 2.03. The van der Waals surface area contributed by atoms with Crippen LogP contribution in [0.15, 0.2) is 18.2 Å². The van der Waals surface area contributed by atoms with E-state index in [2.05, 4.69) is 17.2 Å². The quantitative estimate of drug-likeness (QED) is 0.841. The second-order valence-corrected chi connectivity index (χ2v) is 6.30. The van der Waals surface area contributed by atoms with Crippen molar-refractivity contribution in [2.24, 2.45) is 5.73 Å². The van der Waals surface area contributed by atoms with Gasteiger partial charge in [-0.15, -0.1) is 0 Å². The van der Waals surface area contributed by atoms with Crippen molar-refractivity contribution in [1.82, 2.24) is 5.32 Å². The van der Waals surface area contributed by atoms with E-state index in [1.54, 1.807) is 0 Å². The van der Waals surface area contributed by atoms with Gasteiger partial charge in [0.2, 0.25) is 0 Å². The summed E-state index contributed by atoms with van der Waals surface area (Å²) in [6.45, 7) is 0.820. The zero-order valence-electron chi connectivity index (χ0n) is 11.8. The molecular weight excluding hydrogens is 287 g/mol. The number of amides is 1. The summed E-state index contributed by atoms with van der Waals surface area (Å²) in [6, 6.07) is 4.02. The van der Waals surface area contributed by atoms with Crippen LogP contribution in [0, 0.1) is 17.7 Å². The lowest BCUT2D eigenvalue weighted by molar-refractivity contribution is 0.0953. The van der Waals surface area contributed by atoms with Gasteiger partial charge in [0, 0.05) is 17.4 Å². The van der Waals surface area contributed by atoms with E-state index in [0.29, 0.717) is 22.9 Å². The summed E-state index contributed by atoms with van der Waals surface area (Å²) >= 11 is 1.90. The van der Waals surface area contributed by atoms with Gasteiger partial charge in [-0.05, 0) is 36.8 Å². The van der Waals surface area contributed by atoms with Gasteiger partial charge in [0.05, 0.1) is 12.1 Å². The molecule has 112 valence electrons. The first-order valence-corrected chi connectivity index (χ1v) is 8.14. The van der Waals surface area contributed by atoms with Crippen molar-refractivity contribution < 1.29 is 9.18 Å². The number of carbonyl (C=O) groups is 1. The van der Waals surface area contributed by atoms with Crippen molar-refractivity contribution in [3.8, 4) is 11.8 Å². The first-order chi connectivity index (χ1) is 10.2. The lowest BCUT2D eigenvalue weighted by Gasteiger charge is -2.21. The highest BCUT2D eigenvalue weighted by Crippen LogP contribution is 2.24. The van der Waals surface area contributed by atoms with Crippen molar-refractivity contribution in [3.05, 3.63) is 35.1 Å². The molecule has 3 N–H and O–H groups in total. The largest absolute Gasteiger partial charge is 0.351 e. The molecule has 0 saturated carbocycles. The summed E-state index contributed by atoms with van der Waals surface area (Å²) in [5.41, 5.74) is 6.11. The first-order valence-electron chi connectivity index (χ1n) is 7.09. The minimum Gasteiger partial charge on any atom is -0.351 e. The van der Waals surface area contributed by atoms with E-state index in [0.717, 1.165) is 12.2 Å². The van der Waals surface area contributed by atoms with Crippen LogP contribution in [0.5, 0.6) is 0 Å². The summed E-state index contributed by atoms with van der Waals surface area (Å²) < 4.78 is 13.3. The van der Waals surface area contributed by atoms with Crippen LogP contribution in [0.1, 0.15) is 35.2 Å². The van der Waals surface area contributed by atoms with Crippen LogP contribution in [0.2, 0.25) is 0 Å². The van der Waals surface area contributed by atoms with E-state index in [1.807, 2.05) is 11.8 Å². The third-order valence-corrected chi connectivity index (χ3v) is 4.71. The Hall–Kier alpha value is -1.51. The summed E-state index contributed by atoms with van der Waals surface area (Å²) in [7, 11) is 0. The molecule has 3 nitrogen and oxygen atoms in total. The normalized spacial score (nSPS) is 17.7. The van der Waals surface area contributed by atoms with E-state index >= 15 is 0 Å². The number of carbonyl (C=O) groups excluding carboxylic acids is 1. The van der Waals surface area contributed by atoms with E-state index < -0.39 is 5.82 Å². The number of hydrogen-bond donors (Lipinski definition) is 2. The van der Waals surface area contributed by atoms with E-state index in [9.17, 15) is 9.18 Å². The fourth-order valence-corrected chi connectivity index (χ4v) is 3.47. The molecule has 1 aliphatic rings. The van der Waals surface area contributed by atoms with Gasteiger partial charge in [-0.3, -0.25) is 4.79 Å². The van der Waals surface area contributed by atoms with Crippen molar-refractivity contribution >= 4 is 17.7 Å². The number of nitrogens with two attached hydrogens (primary N) is 1. The summed E-state index contributed by atoms with van der Waals surface area (Å²) in [4.78, 5) is 12.2. The first kappa shape index (κ1) is 15.9. The van der Waals surface area contributed by atoms with Crippen molar-refractivity contribution in [3.63, 3.8) is 0 Å². The van der Waals surface area contributed by atoms with Gasteiger partial charge in [-0.2, -0.15) is 11.8 Å². The van der Waals surface area contributed by atoms with Gasteiger partial charge >= 0.3 is 0 Å². The molecule has 1 fully saturated rings. The molecule has 21 heavy (non-hydrogen) atoms. The molecule has 1 amide bonds. The second-order valence-electron chi connectivity index (χ2n) is 4.89. The number of nitrogens with one attached hydrogen (secondary N) is 1. The highest BCUT2D eigenvalue weighted by molar-refractivity contribution is 7.99. The number of hydrogen-bond acceptors (Lipinski definition) is 3. The standard InChI is InChI=1S/C16H19FN2OS/c17-13-6-7-15(12(10-13)4-3-8-18)16(20)19-11-14-5-1-2-9-21-14/h6-7,10,14H,1-2,5,8-9,11,18H2,(H,19,20). The Kier molecular flexibility index (Phi) is 6.09. The molecule has 1 unspecified atom stereocenters. The maximum atomic E-state index is 13.3. The Morgan fingerprint density at radius 2 is 2.33 bits per heavy atom. The molecule has 0 spiro atoms. The third-order valence-electron chi connectivity index (χ3n) is 3.32. The molecule has 0 aliphatic carbocycles. The van der Waals surface area contributed by atoms with Crippen LogP contribution in [0.25, 0.3) is 0 Å². The lowest BCUT2D eigenvalue weighted by atomic mass is 10.1. The smallest absolute Gasteiger partial charge is 0.252 e. The maximum Gasteiger partial charge on any atom is 0.252 e. The summed E-state index contributed by atoms with van der Waals surface area (Å²) in [6.07, 6.45) is 3.61. The van der Waals surface area contributed by atoms with Gasteiger partial charge in [-0.25, -0.2) is 4.39 Å². The minimum atomic E-state index is -0.407. The Morgan fingerprint density at radius 1 is 1.48 bits per heavy atom. The molecule has 0 radical (unpaired) electrons. The van der Waals surface area contributed by atoms with Crippen LogP contribution in [0.4, 0.5) is 4.39 Å². The van der Waals surface area contributed by atoms with Gasteiger partial charge in [-0.1, -0.05) is 18.3 Å². The van der Waals surface area contributed by atoms with Crippen molar-refractivity contribution in [2.75, 3.05) is 18.8 Å². The Labute approximate surface area is 128 Å². The predicted molar refractivity (Wildman–Crippen MR) is 84.8 cm³/mol. The highest BCUT2D eigenvalue weighted by atomic mass is 32.2. The molecule has 1 atom stereocenters. The molecule has 1 aromatic rings. The lowest BCUT2D eigenvalue weighted by Crippen LogP contribution is -2.32. The molecule has 0 aromatic heterocycles. The zero-order chi connectivity index (χ0) is 15.1. The Morgan fingerprint density at radius 3 is 3.05 bits per heavy atom. The Bertz CT molecular complexity index is 559. The molecule has 1 aliphatic heterocycles. The van der Waals surface area contributed by atoms with E-state index in [1.165, 1.54) is 31.0 Å². The molecule has 5 heteroatoms. The van der Waals surface area contributed by atoms with E-state index in [-0.39, 0.29) is 12.5 Å². The van der Waals surface area contributed by atoms with Gasteiger partial charge < -0.3 is 11.1 Å². The number of thioether (sulfide) groups is 1. The van der Waals surface area contributed by atoms with Crippen LogP contribution in [0.3, 0.4) is 0 Å². The molecule has 1 heterocycles. The molecule has 1 aromatic carbocycles. The van der Waals surface area contributed by atoms with Crippen LogP contribution >= 0.6 is 11.8 Å². The monoisotopic (exact) mass is 306 g/mol. The highest BCUT2D eigenvalue weighted by Gasteiger charge is 2.16.